The molecule has 0 saturated heterocycles. The third kappa shape index (κ3) is 5.07. The Morgan fingerprint density at radius 1 is 1.00 bits per heavy atom. The van der Waals surface area contributed by atoms with Crippen molar-refractivity contribution in [2.45, 2.75) is 20.0 Å². The van der Waals surface area contributed by atoms with Crippen molar-refractivity contribution >= 4 is 23.5 Å². The molecule has 0 aliphatic rings. The summed E-state index contributed by atoms with van der Waals surface area (Å²) in [7, 11) is 0. The van der Waals surface area contributed by atoms with Gasteiger partial charge in [0.15, 0.2) is 6.10 Å². The maximum atomic E-state index is 12.1. The number of hydrogen-bond donors (Lipinski definition) is 2. The van der Waals surface area contributed by atoms with E-state index in [1.54, 1.807) is 36.4 Å². The number of amides is 2. The number of esters is 1. The summed E-state index contributed by atoms with van der Waals surface area (Å²) in [4.78, 5) is 35.3. The summed E-state index contributed by atoms with van der Waals surface area (Å²) < 4.78 is 10.5. The summed E-state index contributed by atoms with van der Waals surface area (Å²) in [5, 5.41) is 2.60. The number of anilines is 1. The molecule has 0 unspecified atom stereocenters. The molecule has 2 amide bonds. The van der Waals surface area contributed by atoms with Crippen LogP contribution >= 0.6 is 0 Å². The zero-order valence-corrected chi connectivity index (χ0v) is 14.5. The molecule has 0 spiro atoms. The summed E-state index contributed by atoms with van der Waals surface area (Å²) in [5.74, 6) is -1.01. The fourth-order valence-electron chi connectivity index (χ4n) is 2.10. The van der Waals surface area contributed by atoms with Crippen molar-refractivity contribution in [1.29, 1.82) is 0 Å². The Balaban J connectivity index is 1.93. The van der Waals surface area contributed by atoms with Crippen LogP contribution in [-0.4, -0.2) is 30.5 Å². The number of rotatable bonds is 7. The summed E-state index contributed by atoms with van der Waals surface area (Å²) in [6.45, 7) is 3.87. The van der Waals surface area contributed by atoms with E-state index in [0.717, 1.165) is 0 Å². The Morgan fingerprint density at radius 3 is 2.12 bits per heavy atom. The third-order valence-electron chi connectivity index (χ3n) is 3.49. The van der Waals surface area contributed by atoms with E-state index in [4.69, 9.17) is 15.2 Å². The van der Waals surface area contributed by atoms with Crippen LogP contribution in [0.25, 0.3) is 0 Å². The lowest BCUT2D eigenvalue weighted by Crippen LogP contribution is -2.30. The van der Waals surface area contributed by atoms with Gasteiger partial charge in [-0.2, -0.15) is 0 Å². The smallest absolute Gasteiger partial charge is 0.338 e. The molecule has 3 N–H and O–H groups in total. The Hall–Kier alpha value is -3.35. The van der Waals surface area contributed by atoms with E-state index in [-0.39, 0.29) is 0 Å². The van der Waals surface area contributed by atoms with Gasteiger partial charge in [-0.15, -0.1) is 0 Å². The number of nitrogens with one attached hydrogen (secondary N) is 1. The molecule has 0 aromatic heterocycles. The molecule has 0 saturated carbocycles. The van der Waals surface area contributed by atoms with E-state index in [0.29, 0.717) is 29.2 Å². The van der Waals surface area contributed by atoms with Crippen molar-refractivity contribution in [3.05, 3.63) is 59.7 Å². The van der Waals surface area contributed by atoms with Crippen molar-refractivity contribution in [3.63, 3.8) is 0 Å². The lowest BCUT2D eigenvalue weighted by molar-refractivity contribution is -0.123. The van der Waals surface area contributed by atoms with Gasteiger partial charge in [-0.1, -0.05) is 0 Å². The second-order valence-electron chi connectivity index (χ2n) is 5.44. The van der Waals surface area contributed by atoms with Gasteiger partial charge in [0.1, 0.15) is 5.75 Å². The first kappa shape index (κ1) is 19.0. The molecular weight excluding hydrogens is 336 g/mol. The highest BCUT2D eigenvalue weighted by Gasteiger charge is 2.19. The Morgan fingerprint density at radius 2 is 1.58 bits per heavy atom. The second kappa shape index (κ2) is 8.66. The minimum atomic E-state index is -0.995. The standard InChI is InChI=1S/C19H20N2O5/c1-3-25-16-10-6-14(7-11-16)19(24)26-12(2)18(23)21-15-8-4-13(5-9-15)17(20)22/h4-12H,3H2,1-2H3,(H2,20,22)(H,21,23)/t12-/m0/s1. The highest BCUT2D eigenvalue weighted by Crippen LogP contribution is 2.14. The van der Waals surface area contributed by atoms with E-state index >= 15 is 0 Å². The van der Waals surface area contributed by atoms with Crippen molar-refractivity contribution in [2.24, 2.45) is 5.73 Å². The number of carbonyl (C=O) groups is 3. The Kier molecular flexibility index (Phi) is 6.32. The summed E-state index contributed by atoms with van der Waals surface area (Å²) in [6, 6.07) is 12.5. The molecule has 0 bridgehead atoms. The Labute approximate surface area is 151 Å². The van der Waals surface area contributed by atoms with Crippen LogP contribution in [-0.2, 0) is 9.53 Å². The molecule has 2 rings (SSSR count). The summed E-state index contributed by atoms with van der Waals surface area (Å²) >= 11 is 0. The summed E-state index contributed by atoms with van der Waals surface area (Å²) in [6.07, 6.45) is -0.995. The first-order valence-electron chi connectivity index (χ1n) is 8.05. The first-order chi connectivity index (χ1) is 12.4. The molecule has 2 aromatic carbocycles. The van der Waals surface area contributed by atoms with Gasteiger partial charge in [-0.05, 0) is 62.4 Å². The fraction of sp³-hybridized carbons (Fsp3) is 0.211. The van der Waals surface area contributed by atoms with Gasteiger partial charge < -0.3 is 20.5 Å². The normalized spacial score (nSPS) is 11.3. The van der Waals surface area contributed by atoms with Crippen LogP contribution in [0.15, 0.2) is 48.5 Å². The molecule has 0 aliphatic carbocycles. The maximum Gasteiger partial charge on any atom is 0.338 e. The predicted octanol–water partition coefficient (Wildman–Crippen LogP) is 2.37. The number of benzene rings is 2. The third-order valence-corrected chi connectivity index (χ3v) is 3.49. The molecule has 1 atom stereocenters. The van der Waals surface area contributed by atoms with Gasteiger partial charge in [-0.25, -0.2) is 4.79 Å². The predicted molar refractivity (Wildman–Crippen MR) is 96.1 cm³/mol. The van der Waals surface area contributed by atoms with Crippen LogP contribution < -0.4 is 15.8 Å². The average Bonchev–Trinajstić information content (AvgIpc) is 2.63. The number of carbonyl (C=O) groups excluding carboxylic acids is 3. The average molecular weight is 356 g/mol. The van der Waals surface area contributed by atoms with Gasteiger partial charge in [0.25, 0.3) is 5.91 Å². The number of ether oxygens (including phenoxy) is 2. The quantitative estimate of drug-likeness (QED) is 0.741. The molecule has 136 valence electrons. The molecule has 2 aromatic rings. The van der Waals surface area contributed by atoms with Crippen LogP contribution in [0.1, 0.15) is 34.6 Å². The maximum absolute atomic E-state index is 12.1. The molecule has 26 heavy (non-hydrogen) atoms. The molecule has 7 heteroatoms. The summed E-state index contributed by atoms with van der Waals surface area (Å²) in [5.41, 5.74) is 6.27. The van der Waals surface area contributed by atoms with Gasteiger partial charge in [0, 0.05) is 11.3 Å². The van der Waals surface area contributed by atoms with Crippen LogP contribution in [0.5, 0.6) is 5.75 Å². The van der Waals surface area contributed by atoms with Gasteiger partial charge in [0.2, 0.25) is 5.91 Å². The monoisotopic (exact) mass is 356 g/mol. The van der Waals surface area contributed by atoms with Crippen molar-refractivity contribution in [1.82, 2.24) is 0 Å². The Bertz CT molecular complexity index is 785. The van der Waals surface area contributed by atoms with Crippen LogP contribution in [0, 0.1) is 0 Å². The van der Waals surface area contributed by atoms with Crippen LogP contribution in [0.3, 0.4) is 0 Å². The van der Waals surface area contributed by atoms with E-state index in [2.05, 4.69) is 5.32 Å². The zero-order chi connectivity index (χ0) is 19.1. The van der Waals surface area contributed by atoms with Gasteiger partial charge >= 0.3 is 5.97 Å². The lowest BCUT2D eigenvalue weighted by atomic mass is 10.2. The number of primary amides is 1. The first-order valence-corrected chi connectivity index (χ1v) is 8.05. The largest absolute Gasteiger partial charge is 0.494 e. The molecule has 0 heterocycles. The second-order valence-corrected chi connectivity index (χ2v) is 5.44. The van der Waals surface area contributed by atoms with E-state index in [1.807, 2.05) is 6.92 Å². The van der Waals surface area contributed by atoms with Crippen LogP contribution in [0.2, 0.25) is 0 Å². The minimum Gasteiger partial charge on any atom is -0.494 e. The minimum absolute atomic E-state index is 0.318. The fourth-order valence-corrected chi connectivity index (χ4v) is 2.10. The van der Waals surface area contributed by atoms with Crippen molar-refractivity contribution in [2.75, 3.05) is 11.9 Å². The van der Waals surface area contributed by atoms with Crippen molar-refractivity contribution < 1.29 is 23.9 Å². The molecule has 0 aliphatic heterocycles. The zero-order valence-electron chi connectivity index (χ0n) is 14.5. The topological polar surface area (TPSA) is 108 Å². The highest BCUT2D eigenvalue weighted by molar-refractivity contribution is 5.98. The lowest BCUT2D eigenvalue weighted by Gasteiger charge is -2.14. The number of nitrogens with two attached hydrogens (primary N) is 1. The van der Waals surface area contributed by atoms with E-state index < -0.39 is 23.9 Å². The van der Waals surface area contributed by atoms with Gasteiger partial charge in [0.05, 0.1) is 12.2 Å². The molecule has 0 fully saturated rings. The number of hydrogen-bond acceptors (Lipinski definition) is 5. The highest BCUT2D eigenvalue weighted by atomic mass is 16.5. The molecular formula is C19H20N2O5. The van der Waals surface area contributed by atoms with E-state index in [1.165, 1.54) is 19.1 Å². The molecule has 0 radical (unpaired) electrons. The van der Waals surface area contributed by atoms with Gasteiger partial charge in [-0.3, -0.25) is 9.59 Å². The molecule has 7 nitrogen and oxygen atoms in total. The van der Waals surface area contributed by atoms with Crippen LogP contribution in [0.4, 0.5) is 5.69 Å². The van der Waals surface area contributed by atoms with E-state index in [9.17, 15) is 14.4 Å². The van der Waals surface area contributed by atoms with Crippen molar-refractivity contribution in [3.8, 4) is 5.75 Å². The SMILES string of the molecule is CCOc1ccc(C(=O)O[C@@H](C)C(=O)Nc2ccc(C(N)=O)cc2)cc1.